The van der Waals surface area contributed by atoms with Crippen LogP contribution in [0.2, 0.25) is 0 Å². The van der Waals surface area contributed by atoms with Crippen LogP contribution in [0.5, 0.6) is 0 Å². The van der Waals surface area contributed by atoms with Crippen LogP contribution in [0.15, 0.2) is 23.7 Å². The quantitative estimate of drug-likeness (QED) is 0.920. The van der Waals surface area contributed by atoms with E-state index in [-0.39, 0.29) is 6.04 Å². The van der Waals surface area contributed by atoms with Crippen molar-refractivity contribution in [2.45, 2.75) is 26.4 Å². The molecule has 5 heteroatoms. The Labute approximate surface area is 111 Å². The van der Waals surface area contributed by atoms with Crippen LogP contribution in [-0.2, 0) is 6.54 Å². The van der Waals surface area contributed by atoms with Crippen molar-refractivity contribution in [3.8, 4) is 0 Å². The Bertz CT molecular complexity index is 510. The van der Waals surface area contributed by atoms with E-state index in [1.165, 1.54) is 4.88 Å². The number of hydrogen-bond donors (Lipinski definition) is 1. The van der Waals surface area contributed by atoms with E-state index in [2.05, 4.69) is 39.3 Å². The standard InChI is InChI=1S/C13H18N4S/c1-9-11(7-14)8-15-13(16-9)17(3)10(2)12-5-4-6-18-12/h4-6,8,10H,7,14H2,1-3H3. The molecule has 0 spiro atoms. The molecule has 1 atom stereocenters. The van der Waals surface area contributed by atoms with Crippen LogP contribution in [0, 0.1) is 6.92 Å². The zero-order valence-corrected chi connectivity index (χ0v) is 11.7. The van der Waals surface area contributed by atoms with Gasteiger partial charge in [-0.25, -0.2) is 9.97 Å². The van der Waals surface area contributed by atoms with Gasteiger partial charge in [0.15, 0.2) is 0 Å². The van der Waals surface area contributed by atoms with Gasteiger partial charge in [-0.2, -0.15) is 0 Å². The van der Waals surface area contributed by atoms with Crippen molar-refractivity contribution in [3.63, 3.8) is 0 Å². The van der Waals surface area contributed by atoms with Gasteiger partial charge in [0.05, 0.1) is 6.04 Å². The maximum Gasteiger partial charge on any atom is 0.225 e. The van der Waals surface area contributed by atoms with Gasteiger partial charge in [0, 0.05) is 35.9 Å². The van der Waals surface area contributed by atoms with E-state index in [0.29, 0.717) is 6.54 Å². The fourth-order valence-electron chi connectivity index (χ4n) is 1.74. The van der Waals surface area contributed by atoms with Gasteiger partial charge in [-0.15, -0.1) is 11.3 Å². The molecule has 2 aromatic heterocycles. The summed E-state index contributed by atoms with van der Waals surface area (Å²) in [6, 6.07) is 4.47. The van der Waals surface area contributed by atoms with Crippen LogP contribution in [-0.4, -0.2) is 17.0 Å². The normalized spacial score (nSPS) is 12.4. The molecule has 0 aromatic carbocycles. The minimum atomic E-state index is 0.271. The predicted octanol–water partition coefficient (Wildman–Crippen LogP) is 2.50. The predicted molar refractivity (Wildman–Crippen MR) is 75.8 cm³/mol. The lowest BCUT2D eigenvalue weighted by Crippen LogP contribution is -2.23. The Morgan fingerprint density at radius 3 is 2.83 bits per heavy atom. The summed E-state index contributed by atoms with van der Waals surface area (Å²) < 4.78 is 0. The van der Waals surface area contributed by atoms with E-state index in [0.717, 1.165) is 17.2 Å². The SMILES string of the molecule is Cc1nc(N(C)C(C)c2cccs2)ncc1CN. The number of nitrogens with two attached hydrogens (primary N) is 1. The summed E-state index contributed by atoms with van der Waals surface area (Å²) in [5, 5.41) is 2.09. The molecule has 4 nitrogen and oxygen atoms in total. The summed E-state index contributed by atoms with van der Waals surface area (Å²) in [7, 11) is 2.02. The fraction of sp³-hybridized carbons (Fsp3) is 0.385. The maximum atomic E-state index is 5.62. The van der Waals surface area contributed by atoms with Crippen LogP contribution in [0.4, 0.5) is 5.95 Å². The van der Waals surface area contributed by atoms with Gasteiger partial charge < -0.3 is 10.6 Å². The molecule has 0 aliphatic rings. The highest BCUT2D eigenvalue weighted by molar-refractivity contribution is 7.10. The van der Waals surface area contributed by atoms with Crippen molar-refractivity contribution in [3.05, 3.63) is 39.8 Å². The van der Waals surface area contributed by atoms with Gasteiger partial charge in [-0.05, 0) is 25.3 Å². The minimum absolute atomic E-state index is 0.271. The lowest BCUT2D eigenvalue weighted by atomic mass is 10.2. The lowest BCUT2D eigenvalue weighted by Gasteiger charge is -2.24. The first kappa shape index (κ1) is 13.0. The molecule has 2 aromatic rings. The largest absolute Gasteiger partial charge is 0.336 e. The van der Waals surface area contributed by atoms with Gasteiger partial charge in [0.25, 0.3) is 0 Å². The first-order valence-corrected chi connectivity index (χ1v) is 6.80. The van der Waals surface area contributed by atoms with Gasteiger partial charge >= 0.3 is 0 Å². The van der Waals surface area contributed by atoms with Crippen LogP contribution in [0.1, 0.15) is 29.1 Å². The van der Waals surface area contributed by atoms with Crippen molar-refractivity contribution in [2.24, 2.45) is 5.73 Å². The summed E-state index contributed by atoms with van der Waals surface area (Å²) in [5.41, 5.74) is 7.57. The maximum absolute atomic E-state index is 5.62. The van der Waals surface area contributed by atoms with E-state index in [1.54, 1.807) is 11.3 Å². The number of anilines is 1. The molecule has 2 heterocycles. The third kappa shape index (κ3) is 2.52. The molecular weight excluding hydrogens is 244 g/mol. The van der Waals surface area contributed by atoms with E-state index in [9.17, 15) is 0 Å². The summed E-state index contributed by atoms with van der Waals surface area (Å²) >= 11 is 1.75. The first-order chi connectivity index (χ1) is 8.63. The average Bonchev–Trinajstić information content (AvgIpc) is 2.90. The Balaban J connectivity index is 2.23. The molecule has 2 rings (SSSR count). The number of aromatic nitrogens is 2. The molecule has 2 N–H and O–H groups in total. The van der Waals surface area contributed by atoms with Crippen molar-refractivity contribution in [1.82, 2.24) is 9.97 Å². The summed E-state index contributed by atoms with van der Waals surface area (Å²) in [5.74, 6) is 0.741. The second-order valence-electron chi connectivity index (χ2n) is 4.29. The molecule has 0 radical (unpaired) electrons. The number of nitrogens with zero attached hydrogens (tertiary/aromatic N) is 3. The Morgan fingerprint density at radius 1 is 1.50 bits per heavy atom. The van der Waals surface area contributed by atoms with E-state index in [4.69, 9.17) is 5.73 Å². The molecule has 0 aliphatic carbocycles. The van der Waals surface area contributed by atoms with Gasteiger partial charge in [-0.3, -0.25) is 0 Å². The number of thiophene rings is 1. The third-order valence-corrected chi connectivity index (χ3v) is 4.18. The number of aryl methyl sites for hydroxylation is 1. The van der Waals surface area contributed by atoms with Crippen molar-refractivity contribution >= 4 is 17.3 Å². The highest BCUT2D eigenvalue weighted by atomic mass is 32.1. The van der Waals surface area contributed by atoms with E-state index in [1.807, 2.05) is 20.2 Å². The highest BCUT2D eigenvalue weighted by Gasteiger charge is 2.16. The van der Waals surface area contributed by atoms with E-state index < -0.39 is 0 Å². The topological polar surface area (TPSA) is 55.0 Å². The molecule has 0 saturated carbocycles. The van der Waals surface area contributed by atoms with Crippen LogP contribution < -0.4 is 10.6 Å². The molecule has 96 valence electrons. The Kier molecular flexibility index (Phi) is 3.93. The van der Waals surface area contributed by atoms with Crippen molar-refractivity contribution in [1.29, 1.82) is 0 Å². The Hall–Kier alpha value is -1.46. The fourth-order valence-corrected chi connectivity index (χ4v) is 2.57. The molecule has 0 saturated heterocycles. The first-order valence-electron chi connectivity index (χ1n) is 5.92. The van der Waals surface area contributed by atoms with Gasteiger partial charge in [0.2, 0.25) is 5.95 Å². The molecule has 0 amide bonds. The summed E-state index contributed by atoms with van der Waals surface area (Å²) in [4.78, 5) is 12.3. The van der Waals surface area contributed by atoms with Gasteiger partial charge in [-0.1, -0.05) is 6.07 Å². The summed E-state index contributed by atoms with van der Waals surface area (Å²) in [6.07, 6.45) is 1.81. The van der Waals surface area contributed by atoms with Crippen LogP contribution >= 0.6 is 11.3 Å². The highest BCUT2D eigenvalue weighted by Crippen LogP contribution is 2.26. The van der Waals surface area contributed by atoms with E-state index >= 15 is 0 Å². The van der Waals surface area contributed by atoms with Crippen molar-refractivity contribution < 1.29 is 0 Å². The second-order valence-corrected chi connectivity index (χ2v) is 5.27. The second kappa shape index (κ2) is 5.46. The molecule has 18 heavy (non-hydrogen) atoms. The zero-order chi connectivity index (χ0) is 13.1. The third-order valence-electron chi connectivity index (χ3n) is 3.14. The van der Waals surface area contributed by atoms with Crippen molar-refractivity contribution in [2.75, 3.05) is 11.9 Å². The number of rotatable bonds is 4. The average molecular weight is 262 g/mol. The molecule has 0 fully saturated rings. The smallest absolute Gasteiger partial charge is 0.225 e. The monoisotopic (exact) mass is 262 g/mol. The van der Waals surface area contributed by atoms with Crippen LogP contribution in [0.25, 0.3) is 0 Å². The summed E-state index contributed by atoms with van der Waals surface area (Å²) in [6.45, 7) is 4.61. The zero-order valence-electron chi connectivity index (χ0n) is 10.9. The minimum Gasteiger partial charge on any atom is -0.336 e. The molecule has 0 aliphatic heterocycles. The molecule has 1 unspecified atom stereocenters. The lowest BCUT2D eigenvalue weighted by molar-refractivity contribution is 0.722. The number of hydrogen-bond acceptors (Lipinski definition) is 5. The Morgan fingerprint density at radius 2 is 2.28 bits per heavy atom. The molecular formula is C13H18N4S. The molecule has 0 bridgehead atoms. The van der Waals surface area contributed by atoms with Gasteiger partial charge in [0.1, 0.15) is 0 Å². The van der Waals surface area contributed by atoms with Crippen LogP contribution in [0.3, 0.4) is 0 Å².